The van der Waals surface area contributed by atoms with Gasteiger partial charge in [0.05, 0.1) is 11.4 Å². The molecule has 1 amide bonds. The van der Waals surface area contributed by atoms with Gasteiger partial charge in [-0.15, -0.1) is 0 Å². The van der Waals surface area contributed by atoms with Crippen molar-refractivity contribution in [1.82, 2.24) is 5.32 Å². The van der Waals surface area contributed by atoms with Gasteiger partial charge in [-0.25, -0.2) is 0 Å². The molecule has 0 aromatic heterocycles. The first-order valence-electron chi connectivity index (χ1n) is 6.72. The molecule has 4 nitrogen and oxygen atoms in total. The summed E-state index contributed by atoms with van der Waals surface area (Å²) < 4.78 is 0. The molecule has 5 heteroatoms. The van der Waals surface area contributed by atoms with Crippen molar-refractivity contribution in [3.8, 4) is 0 Å². The van der Waals surface area contributed by atoms with Gasteiger partial charge in [-0.2, -0.15) is 0 Å². The zero-order valence-electron chi connectivity index (χ0n) is 12.0. The van der Waals surface area contributed by atoms with Crippen molar-refractivity contribution in [2.24, 2.45) is 0 Å². The van der Waals surface area contributed by atoms with Gasteiger partial charge < -0.3 is 16.4 Å². The van der Waals surface area contributed by atoms with Crippen molar-refractivity contribution in [3.63, 3.8) is 0 Å². The van der Waals surface area contributed by atoms with Crippen molar-refractivity contribution in [1.29, 1.82) is 0 Å². The topological polar surface area (TPSA) is 67.2 Å². The molecule has 21 heavy (non-hydrogen) atoms. The Balaban J connectivity index is 2.33. The molecule has 0 unspecified atom stereocenters. The summed E-state index contributed by atoms with van der Waals surface area (Å²) in [5.41, 5.74) is 9.59. The predicted molar refractivity (Wildman–Crippen MR) is 88.3 cm³/mol. The third-order valence-electron chi connectivity index (χ3n) is 3.19. The van der Waals surface area contributed by atoms with E-state index >= 15 is 0 Å². The molecule has 2 aromatic rings. The van der Waals surface area contributed by atoms with E-state index in [0.29, 0.717) is 28.5 Å². The molecule has 0 aliphatic heterocycles. The van der Waals surface area contributed by atoms with E-state index in [2.05, 4.69) is 10.6 Å². The Morgan fingerprint density at radius 1 is 1.24 bits per heavy atom. The molecule has 0 bridgehead atoms. The van der Waals surface area contributed by atoms with Gasteiger partial charge in [-0.1, -0.05) is 17.7 Å². The number of hydrogen-bond acceptors (Lipinski definition) is 3. The van der Waals surface area contributed by atoms with Crippen molar-refractivity contribution >= 4 is 34.6 Å². The molecule has 0 saturated carbocycles. The van der Waals surface area contributed by atoms with Gasteiger partial charge >= 0.3 is 0 Å². The van der Waals surface area contributed by atoms with Gasteiger partial charge in [0.25, 0.3) is 5.91 Å². The number of nitrogens with one attached hydrogen (secondary N) is 2. The molecule has 0 atom stereocenters. The molecular formula is C16H18ClN3O. The summed E-state index contributed by atoms with van der Waals surface area (Å²) in [6.07, 6.45) is 0. The van der Waals surface area contributed by atoms with Crippen LogP contribution in [0.2, 0.25) is 5.02 Å². The Morgan fingerprint density at radius 2 is 2.00 bits per heavy atom. The van der Waals surface area contributed by atoms with Gasteiger partial charge in [0, 0.05) is 22.8 Å². The molecule has 0 aliphatic rings. The van der Waals surface area contributed by atoms with Crippen LogP contribution in [-0.4, -0.2) is 12.5 Å². The lowest BCUT2D eigenvalue weighted by Crippen LogP contribution is -2.22. The molecule has 0 aliphatic carbocycles. The van der Waals surface area contributed by atoms with Gasteiger partial charge in [0.2, 0.25) is 0 Å². The Bertz CT molecular complexity index is 671. The molecule has 4 N–H and O–H groups in total. The van der Waals surface area contributed by atoms with Crippen molar-refractivity contribution in [3.05, 3.63) is 52.5 Å². The number of nitrogen functional groups attached to an aromatic ring is 1. The smallest absolute Gasteiger partial charge is 0.251 e. The fourth-order valence-corrected chi connectivity index (χ4v) is 2.13. The summed E-state index contributed by atoms with van der Waals surface area (Å²) >= 11 is 6.11. The van der Waals surface area contributed by atoms with E-state index in [-0.39, 0.29) is 5.91 Å². The Morgan fingerprint density at radius 3 is 2.71 bits per heavy atom. The lowest BCUT2D eigenvalue weighted by atomic mass is 10.1. The minimum atomic E-state index is -0.122. The number of rotatable bonds is 4. The van der Waals surface area contributed by atoms with Gasteiger partial charge in [-0.3, -0.25) is 4.79 Å². The van der Waals surface area contributed by atoms with E-state index in [1.165, 1.54) is 0 Å². The zero-order chi connectivity index (χ0) is 15.4. The van der Waals surface area contributed by atoms with Crippen molar-refractivity contribution in [2.45, 2.75) is 13.8 Å². The number of benzene rings is 2. The van der Waals surface area contributed by atoms with Crippen LogP contribution in [0.4, 0.5) is 17.1 Å². The van der Waals surface area contributed by atoms with Crippen molar-refractivity contribution in [2.75, 3.05) is 17.6 Å². The molecule has 0 radical (unpaired) electrons. The van der Waals surface area contributed by atoms with Crippen LogP contribution in [0.5, 0.6) is 0 Å². The number of halogens is 1. The number of amides is 1. The second-order valence-corrected chi connectivity index (χ2v) is 5.11. The molecular weight excluding hydrogens is 286 g/mol. The average Bonchev–Trinajstić information content (AvgIpc) is 2.46. The van der Waals surface area contributed by atoms with E-state index in [1.807, 2.05) is 32.0 Å². The van der Waals surface area contributed by atoms with Gasteiger partial charge in [0.1, 0.15) is 0 Å². The zero-order valence-corrected chi connectivity index (χ0v) is 12.8. The molecule has 0 spiro atoms. The minimum absolute atomic E-state index is 0.122. The van der Waals surface area contributed by atoms with Crippen LogP contribution >= 0.6 is 11.6 Å². The largest absolute Gasteiger partial charge is 0.397 e. The molecule has 2 aromatic carbocycles. The third-order valence-corrected chi connectivity index (χ3v) is 3.60. The molecule has 110 valence electrons. The summed E-state index contributed by atoms with van der Waals surface area (Å²) in [5.74, 6) is -0.122. The Kier molecular flexibility index (Phi) is 4.70. The molecule has 0 fully saturated rings. The first-order valence-corrected chi connectivity index (χ1v) is 7.10. The predicted octanol–water partition coefficient (Wildman–Crippen LogP) is 3.72. The highest BCUT2D eigenvalue weighted by Gasteiger charge is 2.09. The molecule has 2 rings (SSSR count). The lowest BCUT2D eigenvalue weighted by Gasteiger charge is -2.14. The number of carbonyl (C=O) groups is 1. The van der Waals surface area contributed by atoms with E-state index in [9.17, 15) is 4.79 Å². The van der Waals surface area contributed by atoms with Crippen LogP contribution in [0, 0.1) is 6.92 Å². The highest BCUT2D eigenvalue weighted by molar-refractivity contribution is 6.31. The first kappa shape index (κ1) is 15.2. The maximum absolute atomic E-state index is 11.9. The quantitative estimate of drug-likeness (QED) is 0.754. The van der Waals surface area contributed by atoms with E-state index in [0.717, 1.165) is 11.3 Å². The summed E-state index contributed by atoms with van der Waals surface area (Å²) in [6, 6.07) is 10.8. The number of hydrogen-bond donors (Lipinski definition) is 3. The molecule has 0 saturated heterocycles. The summed E-state index contributed by atoms with van der Waals surface area (Å²) in [5, 5.41) is 6.67. The van der Waals surface area contributed by atoms with E-state index < -0.39 is 0 Å². The minimum Gasteiger partial charge on any atom is -0.397 e. The summed E-state index contributed by atoms with van der Waals surface area (Å²) in [6.45, 7) is 4.39. The summed E-state index contributed by atoms with van der Waals surface area (Å²) in [7, 11) is 0. The van der Waals surface area contributed by atoms with Crippen LogP contribution in [0.25, 0.3) is 0 Å². The fraction of sp³-hybridized carbons (Fsp3) is 0.188. The summed E-state index contributed by atoms with van der Waals surface area (Å²) in [4.78, 5) is 11.9. The monoisotopic (exact) mass is 303 g/mol. The SMILES string of the molecule is CCNC(=O)c1ccc(N)c(Nc2cccc(Cl)c2C)c1. The van der Waals surface area contributed by atoms with Gasteiger partial charge in [0.15, 0.2) is 0 Å². The van der Waals surface area contributed by atoms with Crippen molar-refractivity contribution < 1.29 is 4.79 Å². The maximum Gasteiger partial charge on any atom is 0.251 e. The number of anilines is 3. The molecule has 0 heterocycles. The highest BCUT2D eigenvalue weighted by atomic mass is 35.5. The van der Waals surface area contributed by atoms with Gasteiger partial charge in [-0.05, 0) is 49.7 Å². The van der Waals surface area contributed by atoms with E-state index in [4.69, 9.17) is 17.3 Å². The average molecular weight is 304 g/mol. The van der Waals surface area contributed by atoms with Crippen LogP contribution in [0.1, 0.15) is 22.8 Å². The normalized spacial score (nSPS) is 10.2. The van der Waals surface area contributed by atoms with Crippen LogP contribution in [0.3, 0.4) is 0 Å². The van der Waals surface area contributed by atoms with Crippen LogP contribution < -0.4 is 16.4 Å². The lowest BCUT2D eigenvalue weighted by molar-refractivity contribution is 0.0956. The second kappa shape index (κ2) is 6.50. The van der Waals surface area contributed by atoms with Crippen LogP contribution in [0.15, 0.2) is 36.4 Å². The van der Waals surface area contributed by atoms with E-state index in [1.54, 1.807) is 18.2 Å². The maximum atomic E-state index is 11.9. The van der Waals surface area contributed by atoms with Crippen LogP contribution in [-0.2, 0) is 0 Å². The first-order chi connectivity index (χ1) is 10.0. The standard InChI is InChI=1S/C16H18ClN3O/c1-3-19-16(21)11-7-8-13(18)15(9-11)20-14-6-4-5-12(17)10(14)2/h4-9,20H,3,18H2,1-2H3,(H,19,21). The second-order valence-electron chi connectivity index (χ2n) is 4.70. The number of nitrogens with two attached hydrogens (primary N) is 1. The third kappa shape index (κ3) is 3.47. The fourth-order valence-electron chi connectivity index (χ4n) is 1.96. The Labute approximate surface area is 129 Å². The Hall–Kier alpha value is -2.20. The highest BCUT2D eigenvalue weighted by Crippen LogP contribution is 2.29. The number of carbonyl (C=O) groups excluding carboxylic acids is 1.